The van der Waals surface area contributed by atoms with Crippen molar-refractivity contribution in [1.29, 1.82) is 0 Å². The molecule has 2 rings (SSSR count). The lowest BCUT2D eigenvalue weighted by atomic mass is 10.1. The number of rotatable bonds is 5. The van der Waals surface area contributed by atoms with E-state index in [9.17, 15) is 0 Å². The number of hydrogen-bond acceptors (Lipinski definition) is 3. The summed E-state index contributed by atoms with van der Waals surface area (Å²) < 4.78 is 11.1. The first kappa shape index (κ1) is 11.7. The molecule has 1 N–H and O–H groups in total. The monoisotopic (exact) mass is 241 g/mol. The quantitative estimate of drug-likeness (QED) is 0.800. The Balaban J connectivity index is 2.03. The number of hydrogen-bond donors (Lipinski definition) is 1. The van der Waals surface area contributed by atoms with Gasteiger partial charge in [0.05, 0.1) is 19.8 Å². The van der Waals surface area contributed by atoms with E-state index in [4.69, 9.17) is 21.1 Å². The molecule has 1 aliphatic rings. The molecule has 1 heterocycles. The van der Waals surface area contributed by atoms with Crippen LogP contribution in [0, 0.1) is 0 Å². The van der Waals surface area contributed by atoms with Gasteiger partial charge in [0.2, 0.25) is 0 Å². The maximum absolute atomic E-state index is 6.05. The summed E-state index contributed by atoms with van der Waals surface area (Å²) in [5.41, 5.74) is 2.25. The number of nitrogens with one attached hydrogen (secondary N) is 1. The summed E-state index contributed by atoms with van der Waals surface area (Å²) in [5, 5.41) is 3.80. The van der Waals surface area contributed by atoms with E-state index in [1.807, 2.05) is 19.2 Å². The molecule has 0 fully saturated rings. The van der Waals surface area contributed by atoms with Crippen LogP contribution in [-0.4, -0.2) is 26.8 Å². The molecule has 3 nitrogen and oxygen atoms in total. The first-order valence-corrected chi connectivity index (χ1v) is 5.85. The molecule has 0 saturated carbocycles. The maximum atomic E-state index is 6.05. The van der Waals surface area contributed by atoms with Crippen LogP contribution >= 0.6 is 11.6 Å². The fourth-order valence-electron chi connectivity index (χ4n) is 1.81. The summed E-state index contributed by atoms with van der Waals surface area (Å²) in [5.74, 6) is 0.967. The smallest absolute Gasteiger partial charge is 0.128 e. The summed E-state index contributed by atoms with van der Waals surface area (Å²) in [6.07, 6.45) is 0.944. The molecule has 4 heteroatoms. The van der Waals surface area contributed by atoms with Crippen LogP contribution in [0.25, 0.3) is 0 Å². The molecule has 1 aliphatic heterocycles. The molecule has 0 atom stereocenters. The van der Waals surface area contributed by atoms with Crippen LogP contribution < -0.4 is 10.1 Å². The van der Waals surface area contributed by atoms with E-state index in [-0.39, 0.29) is 0 Å². The van der Waals surface area contributed by atoms with E-state index in [1.54, 1.807) is 0 Å². The molecule has 0 spiro atoms. The third-order valence-electron chi connectivity index (χ3n) is 2.58. The van der Waals surface area contributed by atoms with Crippen molar-refractivity contribution in [2.75, 3.05) is 26.8 Å². The van der Waals surface area contributed by atoms with Crippen LogP contribution in [0.5, 0.6) is 5.75 Å². The Morgan fingerprint density at radius 1 is 1.50 bits per heavy atom. The number of benzene rings is 1. The molecule has 0 saturated heterocycles. The van der Waals surface area contributed by atoms with Gasteiger partial charge in [-0.25, -0.2) is 0 Å². The number of halogens is 1. The highest BCUT2D eigenvalue weighted by Crippen LogP contribution is 2.33. The second-order valence-electron chi connectivity index (χ2n) is 3.81. The van der Waals surface area contributed by atoms with Crippen molar-refractivity contribution in [3.8, 4) is 5.75 Å². The van der Waals surface area contributed by atoms with Crippen LogP contribution in [0.15, 0.2) is 12.1 Å². The summed E-state index contributed by atoms with van der Waals surface area (Å²) >= 11 is 6.05. The Kier molecular flexibility index (Phi) is 4.04. The second kappa shape index (κ2) is 5.53. The summed E-state index contributed by atoms with van der Waals surface area (Å²) in [6, 6.07) is 3.89. The van der Waals surface area contributed by atoms with Gasteiger partial charge in [-0.2, -0.15) is 0 Å². The van der Waals surface area contributed by atoms with E-state index < -0.39 is 0 Å². The van der Waals surface area contributed by atoms with Crippen LogP contribution in [-0.2, 0) is 17.8 Å². The van der Waals surface area contributed by atoms with Gasteiger partial charge in [-0.05, 0) is 24.7 Å². The SMILES string of the molecule is CNCCOCc1cc(Cl)cc2c1OCC2. The van der Waals surface area contributed by atoms with Crippen molar-refractivity contribution in [3.05, 3.63) is 28.3 Å². The molecular weight excluding hydrogens is 226 g/mol. The van der Waals surface area contributed by atoms with E-state index >= 15 is 0 Å². The van der Waals surface area contributed by atoms with Crippen molar-refractivity contribution in [2.24, 2.45) is 0 Å². The molecule has 0 aliphatic carbocycles. The van der Waals surface area contributed by atoms with Gasteiger partial charge in [-0.1, -0.05) is 11.6 Å². The van der Waals surface area contributed by atoms with Crippen LogP contribution in [0.2, 0.25) is 5.02 Å². The first-order chi connectivity index (χ1) is 7.81. The van der Waals surface area contributed by atoms with Crippen molar-refractivity contribution >= 4 is 11.6 Å². The van der Waals surface area contributed by atoms with Crippen molar-refractivity contribution in [1.82, 2.24) is 5.32 Å². The zero-order valence-corrected chi connectivity index (χ0v) is 10.1. The number of ether oxygens (including phenoxy) is 2. The summed E-state index contributed by atoms with van der Waals surface area (Å²) in [4.78, 5) is 0. The predicted molar refractivity (Wildman–Crippen MR) is 64.2 cm³/mol. The van der Waals surface area contributed by atoms with Gasteiger partial charge in [0.25, 0.3) is 0 Å². The number of fused-ring (bicyclic) bond motifs is 1. The minimum absolute atomic E-state index is 0.560. The third-order valence-corrected chi connectivity index (χ3v) is 2.80. The minimum atomic E-state index is 0.560. The van der Waals surface area contributed by atoms with Gasteiger partial charge in [-0.15, -0.1) is 0 Å². The lowest BCUT2D eigenvalue weighted by Crippen LogP contribution is -2.14. The molecule has 0 radical (unpaired) electrons. The van der Waals surface area contributed by atoms with Gasteiger partial charge in [-0.3, -0.25) is 0 Å². The maximum Gasteiger partial charge on any atom is 0.128 e. The Labute approximate surface area is 101 Å². The Bertz CT molecular complexity index is 368. The van der Waals surface area contributed by atoms with Gasteiger partial charge in [0.15, 0.2) is 0 Å². The second-order valence-corrected chi connectivity index (χ2v) is 4.24. The van der Waals surface area contributed by atoms with Crippen molar-refractivity contribution in [3.63, 3.8) is 0 Å². The minimum Gasteiger partial charge on any atom is -0.493 e. The molecule has 0 aromatic heterocycles. The van der Waals surface area contributed by atoms with Crippen molar-refractivity contribution in [2.45, 2.75) is 13.0 Å². The molecule has 1 aromatic carbocycles. The van der Waals surface area contributed by atoms with Crippen molar-refractivity contribution < 1.29 is 9.47 Å². The molecule has 16 heavy (non-hydrogen) atoms. The van der Waals surface area contributed by atoms with E-state index in [1.165, 1.54) is 5.56 Å². The highest BCUT2D eigenvalue weighted by atomic mass is 35.5. The fraction of sp³-hybridized carbons (Fsp3) is 0.500. The Hall–Kier alpha value is -0.770. The topological polar surface area (TPSA) is 30.5 Å². The Morgan fingerprint density at radius 2 is 2.38 bits per heavy atom. The summed E-state index contributed by atoms with van der Waals surface area (Å²) in [6.45, 7) is 2.85. The predicted octanol–water partition coefficient (Wildman–Crippen LogP) is 2.01. The van der Waals surface area contributed by atoms with Crippen LogP contribution in [0.3, 0.4) is 0 Å². The highest BCUT2D eigenvalue weighted by molar-refractivity contribution is 6.30. The molecule has 88 valence electrons. The van der Waals surface area contributed by atoms with Crippen LogP contribution in [0.1, 0.15) is 11.1 Å². The van der Waals surface area contributed by atoms with Crippen LogP contribution in [0.4, 0.5) is 0 Å². The van der Waals surface area contributed by atoms with Gasteiger partial charge in [0, 0.05) is 23.6 Å². The molecule has 0 unspecified atom stereocenters. The molecular formula is C12H16ClNO2. The van der Waals surface area contributed by atoms with Gasteiger partial charge < -0.3 is 14.8 Å². The van der Waals surface area contributed by atoms with E-state index in [2.05, 4.69) is 5.32 Å². The lowest BCUT2D eigenvalue weighted by molar-refractivity contribution is 0.122. The average Bonchev–Trinajstić information content (AvgIpc) is 2.72. The van der Waals surface area contributed by atoms with Gasteiger partial charge >= 0.3 is 0 Å². The van der Waals surface area contributed by atoms with E-state index in [0.717, 1.165) is 35.9 Å². The Morgan fingerprint density at radius 3 is 3.19 bits per heavy atom. The lowest BCUT2D eigenvalue weighted by Gasteiger charge is -2.09. The normalized spacial score (nSPS) is 13.6. The standard InChI is InChI=1S/C12H16ClNO2/c1-14-3-5-15-8-10-7-11(13)6-9-2-4-16-12(9)10/h6-7,14H,2-5,8H2,1H3. The largest absolute Gasteiger partial charge is 0.493 e. The van der Waals surface area contributed by atoms with E-state index in [0.29, 0.717) is 13.2 Å². The molecule has 0 bridgehead atoms. The number of likely N-dealkylation sites (N-methyl/N-ethyl adjacent to an activating group) is 1. The fourth-order valence-corrected chi connectivity index (χ4v) is 2.07. The zero-order chi connectivity index (χ0) is 11.4. The highest BCUT2D eigenvalue weighted by Gasteiger charge is 2.17. The average molecular weight is 242 g/mol. The molecule has 0 amide bonds. The van der Waals surface area contributed by atoms with Gasteiger partial charge in [0.1, 0.15) is 5.75 Å². The molecule has 1 aromatic rings. The zero-order valence-electron chi connectivity index (χ0n) is 9.38. The third kappa shape index (κ3) is 2.67. The summed E-state index contributed by atoms with van der Waals surface area (Å²) in [7, 11) is 1.91. The first-order valence-electron chi connectivity index (χ1n) is 5.47.